The van der Waals surface area contributed by atoms with Gasteiger partial charge in [0.15, 0.2) is 23.0 Å². The SMILES string of the molecule is COc1ccc(CCN2CCC(CCOc3ccc4c(c3)OCO4)CC2)cc1OC. The van der Waals surface area contributed by atoms with E-state index < -0.39 is 0 Å². The quantitative estimate of drug-likeness (QED) is 0.615. The number of hydrogen-bond donors (Lipinski definition) is 0. The maximum Gasteiger partial charge on any atom is 0.231 e. The van der Waals surface area contributed by atoms with Gasteiger partial charge in [-0.1, -0.05) is 6.07 Å². The summed E-state index contributed by atoms with van der Waals surface area (Å²) < 4.78 is 27.4. The van der Waals surface area contributed by atoms with Crippen molar-refractivity contribution in [1.82, 2.24) is 4.90 Å². The van der Waals surface area contributed by atoms with Crippen molar-refractivity contribution in [3.63, 3.8) is 0 Å². The van der Waals surface area contributed by atoms with Crippen molar-refractivity contribution in [2.45, 2.75) is 25.7 Å². The van der Waals surface area contributed by atoms with Gasteiger partial charge in [-0.25, -0.2) is 0 Å². The van der Waals surface area contributed by atoms with Crippen molar-refractivity contribution in [3.05, 3.63) is 42.0 Å². The van der Waals surface area contributed by atoms with Gasteiger partial charge in [-0.05, 0) is 74.5 Å². The van der Waals surface area contributed by atoms with Crippen LogP contribution in [0, 0.1) is 5.92 Å². The zero-order chi connectivity index (χ0) is 20.8. The van der Waals surface area contributed by atoms with Gasteiger partial charge >= 0.3 is 0 Å². The maximum absolute atomic E-state index is 5.94. The Kier molecular flexibility index (Phi) is 6.84. The molecule has 0 atom stereocenters. The Balaban J connectivity index is 1.15. The molecule has 2 aliphatic heterocycles. The van der Waals surface area contributed by atoms with Crippen LogP contribution in [0.3, 0.4) is 0 Å². The highest BCUT2D eigenvalue weighted by Crippen LogP contribution is 2.35. The molecule has 0 radical (unpaired) electrons. The molecule has 2 aliphatic rings. The molecule has 30 heavy (non-hydrogen) atoms. The topological polar surface area (TPSA) is 49.4 Å². The van der Waals surface area contributed by atoms with Crippen LogP contribution in [-0.2, 0) is 6.42 Å². The van der Waals surface area contributed by atoms with Crippen molar-refractivity contribution >= 4 is 0 Å². The fourth-order valence-electron chi connectivity index (χ4n) is 4.13. The van der Waals surface area contributed by atoms with E-state index in [0.717, 1.165) is 73.7 Å². The molecule has 0 aliphatic carbocycles. The molecule has 6 nitrogen and oxygen atoms in total. The predicted octanol–water partition coefficient (Wildman–Crippen LogP) is 4.16. The van der Waals surface area contributed by atoms with Gasteiger partial charge in [-0.15, -0.1) is 0 Å². The van der Waals surface area contributed by atoms with E-state index in [9.17, 15) is 0 Å². The number of fused-ring (bicyclic) bond motifs is 1. The highest BCUT2D eigenvalue weighted by atomic mass is 16.7. The van der Waals surface area contributed by atoms with E-state index in [4.69, 9.17) is 23.7 Å². The van der Waals surface area contributed by atoms with E-state index in [-0.39, 0.29) is 0 Å². The highest BCUT2D eigenvalue weighted by molar-refractivity contribution is 5.47. The maximum atomic E-state index is 5.94. The Morgan fingerprint density at radius 1 is 0.933 bits per heavy atom. The van der Waals surface area contributed by atoms with Gasteiger partial charge in [0.2, 0.25) is 6.79 Å². The Morgan fingerprint density at radius 3 is 2.53 bits per heavy atom. The van der Waals surface area contributed by atoms with Crippen molar-refractivity contribution in [2.75, 3.05) is 47.3 Å². The Labute approximate surface area is 178 Å². The third kappa shape index (κ3) is 5.11. The van der Waals surface area contributed by atoms with Gasteiger partial charge < -0.3 is 28.6 Å². The summed E-state index contributed by atoms with van der Waals surface area (Å²) in [6.45, 7) is 4.43. The zero-order valence-corrected chi connectivity index (χ0v) is 17.9. The van der Waals surface area contributed by atoms with Crippen molar-refractivity contribution in [1.29, 1.82) is 0 Å². The lowest BCUT2D eigenvalue weighted by atomic mass is 9.93. The van der Waals surface area contributed by atoms with E-state index in [1.54, 1.807) is 14.2 Å². The minimum atomic E-state index is 0.295. The number of methoxy groups -OCH3 is 2. The van der Waals surface area contributed by atoms with Crippen molar-refractivity contribution in [3.8, 4) is 28.7 Å². The van der Waals surface area contributed by atoms with Crippen LogP contribution in [0.1, 0.15) is 24.8 Å². The number of benzene rings is 2. The number of piperidine rings is 1. The van der Waals surface area contributed by atoms with E-state index in [0.29, 0.717) is 6.79 Å². The summed E-state index contributed by atoms with van der Waals surface area (Å²) in [5.41, 5.74) is 1.28. The first-order chi connectivity index (χ1) is 14.7. The van der Waals surface area contributed by atoms with E-state index in [2.05, 4.69) is 17.0 Å². The van der Waals surface area contributed by atoms with Crippen LogP contribution in [0.2, 0.25) is 0 Å². The number of hydrogen-bond acceptors (Lipinski definition) is 6. The molecule has 1 fully saturated rings. The second kappa shape index (κ2) is 9.94. The van der Waals surface area contributed by atoms with Gasteiger partial charge in [0, 0.05) is 12.6 Å². The Morgan fingerprint density at radius 2 is 1.73 bits per heavy atom. The molecule has 0 aromatic heterocycles. The van der Waals surface area contributed by atoms with Crippen LogP contribution in [0.5, 0.6) is 28.7 Å². The molecule has 6 heteroatoms. The van der Waals surface area contributed by atoms with Gasteiger partial charge in [0.25, 0.3) is 0 Å². The molecule has 2 aromatic rings. The number of rotatable bonds is 9. The van der Waals surface area contributed by atoms with E-state index >= 15 is 0 Å². The second-order valence-electron chi connectivity index (χ2n) is 7.88. The summed E-state index contributed by atoms with van der Waals surface area (Å²) >= 11 is 0. The van der Waals surface area contributed by atoms with Crippen molar-refractivity contribution in [2.24, 2.45) is 5.92 Å². The Bertz CT molecular complexity index is 832. The summed E-state index contributed by atoms with van der Waals surface area (Å²) in [4.78, 5) is 2.56. The number of ether oxygens (including phenoxy) is 5. The lowest BCUT2D eigenvalue weighted by Crippen LogP contribution is -2.35. The molecule has 2 aromatic carbocycles. The molecule has 1 saturated heterocycles. The van der Waals surface area contributed by atoms with Crippen LogP contribution in [0.25, 0.3) is 0 Å². The van der Waals surface area contributed by atoms with Crippen LogP contribution in [-0.4, -0.2) is 52.2 Å². The molecular formula is C24H31NO5. The van der Waals surface area contributed by atoms with Gasteiger partial charge in [-0.3, -0.25) is 0 Å². The van der Waals surface area contributed by atoms with Crippen LogP contribution >= 0.6 is 0 Å². The van der Waals surface area contributed by atoms with Crippen LogP contribution < -0.4 is 23.7 Å². The molecule has 0 unspecified atom stereocenters. The van der Waals surface area contributed by atoms with Crippen LogP contribution in [0.4, 0.5) is 0 Å². The molecule has 0 saturated carbocycles. The van der Waals surface area contributed by atoms with Gasteiger partial charge in [0.05, 0.1) is 20.8 Å². The van der Waals surface area contributed by atoms with Gasteiger partial charge in [-0.2, -0.15) is 0 Å². The largest absolute Gasteiger partial charge is 0.493 e. The van der Waals surface area contributed by atoms with E-state index in [1.807, 2.05) is 24.3 Å². The summed E-state index contributed by atoms with van der Waals surface area (Å²) in [6, 6.07) is 12.0. The summed E-state index contributed by atoms with van der Waals surface area (Å²) in [5.74, 6) is 4.74. The summed E-state index contributed by atoms with van der Waals surface area (Å²) in [5, 5.41) is 0. The second-order valence-corrected chi connectivity index (χ2v) is 7.88. The predicted molar refractivity (Wildman–Crippen MR) is 115 cm³/mol. The molecule has 0 bridgehead atoms. The fraction of sp³-hybridized carbons (Fsp3) is 0.500. The standard InChI is InChI=1S/C24H31NO5/c1-26-21-5-3-19(15-23(21)27-2)9-13-25-11-7-18(8-12-25)10-14-28-20-4-6-22-24(16-20)30-17-29-22/h3-6,15-16,18H,7-14,17H2,1-2H3. The van der Waals surface area contributed by atoms with Crippen LogP contribution in [0.15, 0.2) is 36.4 Å². The molecule has 4 rings (SSSR count). The molecule has 0 N–H and O–H groups in total. The monoisotopic (exact) mass is 413 g/mol. The summed E-state index contributed by atoms with van der Waals surface area (Å²) in [6.07, 6.45) is 4.59. The highest BCUT2D eigenvalue weighted by Gasteiger charge is 2.19. The minimum absolute atomic E-state index is 0.295. The van der Waals surface area contributed by atoms with Gasteiger partial charge in [0.1, 0.15) is 5.75 Å². The number of likely N-dealkylation sites (tertiary alicyclic amines) is 1. The third-order valence-corrected chi connectivity index (χ3v) is 6.01. The molecule has 0 spiro atoms. The summed E-state index contributed by atoms with van der Waals surface area (Å²) in [7, 11) is 3.35. The number of nitrogens with zero attached hydrogens (tertiary/aromatic N) is 1. The third-order valence-electron chi connectivity index (χ3n) is 6.01. The molecule has 162 valence electrons. The molecule has 2 heterocycles. The smallest absolute Gasteiger partial charge is 0.231 e. The lowest BCUT2D eigenvalue weighted by molar-refractivity contribution is 0.164. The fourth-order valence-corrected chi connectivity index (χ4v) is 4.13. The van der Waals surface area contributed by atoms with Crippen molar-refractivity contribution < 1.29 is 23.7 Å². The first kappa shape index (κ1) is 20.7. The first-order valence-electron chi connectivity index (χ1n) is 10.7. The lowest BCUT2D eigenvalue weighted by Gasteiger charge is -2.32. The average Bonchev–Trinajstić information content (AvgIpc) is 3.26. The normalized spacial score (nSPS) is 16.5. The van der Waals surface area contributed by atoms with E-state index in [1.165, 1.54) is 18.4 Å². The Hall–Kier alpha value is -2.60. The first-order valence-corrected chi connectivity index (χ1v) is 10.7. The molecule has 0 amide bonds. The molecular weight excluding hydrogens is 382 g/mol. The minimum Gasteiger partial charge on any atom is -0.493 e. The average molecular weight is 414 g/mol. The zero-order valence-electron chi connectivity index (χ0n) is 17.9.